The predicted octanol–water partition coefficient (Wildman–Crippen LogP) is 2.11. The Morgan fingerprint density at radius 2 is 1.93 bits per heavy atom. The molecule has 1 aromatic carbocycles. The van der Waals surface area contributed by atoms with Crippen LogP contribution in [-0.4, -0.2) is 41.7 Å². The summed E-state index contributed by atoms with van der Waals surface area (Å²) >= 11 is 0. The second-order valence-electron chi connectivity index (χ2n) is 7.52. The highest BCUT2D eigenvalue weighted by Gasteiger charge is 2.29. The van der Waals surface area contributed by atoms with Crippen LogP contribution in [0.3, 0.4) is 0 Å². The van der Waals surface area contributed by atoms with E-state index in [2.05, 4.69) is 26.7 Å². The van der Waals surface area contributed by atoms with Gasteiger partial charge in [0.25, 0.3) is 0 Å². The van der Waals surface area contributed by atoms with E-state index < -0.39 is 0 Å². The van der Waals surface area contributed by atoms with E-state index in [9.17, 15) is 9.59 Å². The van der Waals surface area contributed by atoms with E-state index in [4.69, 9.17) is 0 Å². The normalized spacial score (nSPS) is 16.0. The molecule has 8 heteroatoms. The number of hydrogen-bond donors (Lipinski definition) is 0. The molecule has 0 radical (unpaired) electrons. The summed E-state index contributed by atoms with van der Waals surface area (Å²) in [5.74, 6) is 1.61. The minimum Gasteiger partial charge on any atom is -0.333 e. The number of aromatic nitrogens is 5. The summed E-state index contributed by atoms with van der Waals surface area (Å²) in [5.41, 5.74) is 2.21. The molecular weight excluding hydrogens is 368 g/mol. The van der Waals surface area contributed by atoms with E-state index in [1.807, 2.05) is 43.3 Å². The molecule has 1 aliphatic heterocycles. The maximum atomic E-state index is 12.8. The van der Waals surface area contributed by atoms with Gasteiger partial charge >= 0.3 is 5.69 Å². The molecule has 1 atom stereocenters. The molecular formula is C21H24N6O2. The molecule has 4 rings (SSSR count). The van der Waals surface area contributed by atoms with Crippen LogP contribution in [0.2, 0.25) is 0 Å². The third-order valence-corrected chi connectivity index (χ3v) is 5.30. The summed E-state index contributed by atoms with van der Waals surface area (Å²) in [4.78, 5) is 30.7. The third-order valence-electron chi connectivity index (χ3n) is 5.30. The van der Waals surface area contributed by atoms with Crippen LogP contribution in [0, 0.1) is 13.8 Å². The van der Waals surface area contributed by atoms with Crippen LogP contribution in [0.4, 0.5) is 0 Å². The average Bonchev–Trinajstić information content (AvgIpc) is 3.12. The standard InChI is InChI=1S/C21H24N6O2/c1-14-11-15(2)26(21(29)22-14)10-9-19(28)25-12-16(3)27-18(13-25)23-24-20(27)17-7-5-4-6-8-17/h4-8,11,16H,9-10,12-13H2,1-3H3/t16-/m0/s1. The van der Waals surface area contributed by atoms with Gasteiger partial charge in [0.1, 0.15) is 0 Å². The number of aryl methyl sites for hydroxylation is 2. The maximum absolute atomic E-state index is 12.8. The first-order valence-electron chi connectivity index (χ1n) is 9.76. The average molecular weight is 392 g/mol. The number of carbonyl (C=O) groups is 1. The number of rotatable bonds is 4. The van der Waals surface area contributed by atoms with Gasteiger partial charge in [-0.2, -0.15) is 4.98 Å². The van der Waals surface area contributed by atoms with Gasteiger partial charge < -0.3 is 9.47 Å². The molecule has 3 heterocycles. The van der Waals surface area contributed by atoms with E-state index in [0.29, 0.717) is 25.3 Å². The van der Waals surface area contributed by atoms with Crippen LogP contribution in [0.15, 0.2) is 41.2 Å². The van der Waals surface area contributed by atoms with Gasteiger partial charge in [0.05, 0.1) is 12.6 Å². The maximum Gasteiger partial charge on any atom is 0.347 e. The molecule has 0 spiro atoms. The quantitative estimate of drug-likeness (QED) is 0.679. The lowest BCUT2D eigenvalue weighted by Gasteiger charge is -2.32. The second-order valence-corrected chi connectivity index (χ2v) is 7.52. The van der Waals surface area contributed by atoms with Crippen molar-refractivity contribution in [3.05, 3.63) is 64.1 Å². The van der Waals surface area contributed by atoms with Crippen molar-refractivity contribution in [1.29, 1.82) is 0 Å². The van der Waals surface area contributed by atoms with Crippen molar-refractivity contribution >= 4 is 5.91 Å². The van der Waals surface area contributed by atoms with Crippen molar-refractivity contribution < 1.29 is 4.79 Å². The van der Waals surface area contributed by atoms with Crippen LogP contribution in [0.5, 0.6) is 0 Å². The van der Waals surface area contributed by atoms with Crippen molar-refractivity contribution in [3.8, 4) is 11.4 Å². The summed E-state index contributed by atoms with van der Waals surface area (Å²) < 4.78 is 3.66. The lowest BCUT2D eigenvalue weighted by molar-refractivity contribution is -0.133. The smallest absolute Gasteiger partial charge is 0.333 e. The molecule has 1 amide bonds. The predicted molar refractivity (Wildman–Crippen MR) is 108 cm³/mol. The largest absolute Gasteiger partial charge is 0.347 e. The molecule has 3 aromatic rings. The van der Waals surface area contributed by atoms with Crippen molar-refractivity contribution in [2.45, 2.75) is 46.3 Å². The fourth-order valence-corrected chi connectivity index (χ4v) is 3.92. The Hall–Kier alpha value is -3.29. The Labute approximate surface area is 168 Å². The Morgan fingerprint density at radius 1 is 1.17 bits per heavy atom. The molecule has 0 N–H and O–H groups in total. The third kappa shape index (κ3) is 3.70. The van der Waals surface area contributed by atoms with Crippen molar-refractivity contribution in [2.75, 3.05) is 6.54 Å². The van der Waals surface area contributed by atoms with Crippen LogP contribution >= 0.6 is 0 Å². The Balaban J connectivity index is 1.49. The van der Waals surface area contributed by atoms with Gasteiger partial charge in [-0.05, 0) is 26.8 Å². The first-order valence-corrected chi connectivity index (χ1v) is 9.76. The van der Waals surface area contributed by atoms with Crippen LogP contribution in [0.1, 0.15) is 36.6 Å². The van der Waals surface area contributed by atoms with E-state index in [1.54, 1.807) is 16.4 Å². The van der Waals surface area contributed by atoms with Crippen LogP contribution in [0.25, 0.3) is 11.4 Å². The number of carbonyl (C=O) groups excluding carboxylic acids is 1. The molecule has 0 aliphatic carbocycles. The fraction of sp³-hybridized carbons (Fsp3) is 0.381. The van der Waals surface area contributed by atoms with Gasteiger partial charge in [0.15, 0.2) is 11.6 Å². The molecule has 0 unspecified atom stereocenters. The molecule has 8 nitrogen and oxygen atoms in total. The molecule has 2 aromatic heterocycles. The van der Waals surface area contributed by atoms with Gasteiger partial charge in [0.2, 0.25) is 5.91 Å². The Morgan fingerprint density at radius 3 is 2.66 bits per heavy atom. The minimum absolute atomic E-state index is 0.000707. The monoisotopic (exact) mass is 392 g/mol. The van der Waals surface area contributed by atoms with Gasteiger partial charge in [-0.15, -0.1) is 10.2 Å². The highest BCUT2D eigenvalue weighted by atomic mass is 16.2. The van der Waals surface area contributed by atoms with Gasteiger partial charge in [0, 0.05) is 36.5 Å². The number of fused-ring (bicyclic) bond motifs is 1. The van der Waals surface area contributed by atoms with Crippen LogP contribution in [-0.2, 0) is 17.9 Å². The second kappa shape index (κ2) is 7.62. The number of nitrogens with zero attached hydrogens (tertiary/aromatic N) is 6. The van der Waals surface area contributed by atoms with E-state index in [0.717, 1.165) is 22.9 Å². The van der Waals surface area contributed by atoms with Crippen molar-refractivity contribution in [3.63, 3.8) is 0 Å². The first-order chi connectivity index (χ1) is 13.9. The first kappa shape index (κ1) is 19.0. The fourth-order valence-electron chi connectivity index (χ4n) is 3.92. The van der Waals surface area contributed by atoms with Crippen LogP contribution < -0.4 is 5.69 Å². The zero-order chi connectivity index (χ0) is 20.5. The van der Waals surface area contributed by atoms with E-state index in [-0.39, 0.29) is 24.1 Å². The SMILES string of the molecule is Cc1cc(C)n(CCC(=O)N2Cc3nnc(-c4ccccc4)n3[C@@H](C)C2)c(=O)n1. The lowest BCUT2D eigenvalue weighted by Crippen LogP contribution is -2.41. The van der Waals surface area contributed by atoms with Crippen molar-refractivity contribution in [2.24, 2.45) is 0 Å². The van der Waals surface area contributed by atoms with Gasteiger partial charge in [-0.25, -0.2) is 4.79 Å². The number of hydrogen-bond acceptors (Lipinski definition) is 5. The lowest BCUT2D eigenvalue weighted by atomic mass is 10.1. The Bertz CT molecular complexity index is 1100. The van der Waals surface area contributed by atoms with Gasteiger partial charge in [-0.1, -0.05) is 30.3 Å². The molecule has 0 fully saturated rings. The van der Waals surface area contributed by atoms with Crippen molar-refractivity contribution in [1.82, 2.24) is 29.2 Å². The number of amides is 1. The summed E-state index contributed by atoms with van der Waals surface area (Å²) in [7, 11) is 0. The molecule has 1 aliphatic rings. The summed E-state index contributed by atoms with van der Waals surface area (Å²) in [6.07, 6.45) is 0.248. The molecule has 0 saturated carbocycles. The van der Waals surface area contributed by atoms with Gasteiger partial charge in [-0.3, -0.25) is 9.36 Å². The highest BCUT2D eigenvalue weighted by molar-refractivity contribution is 5.76. The summed E-state index contributed by atoms with van der Waals surface area (Å²) in [5, 5.41) is 8.68. The zero-order valence-corrected chi connectivity index (χ0v) is 16.9. The number of benzene rings is 1. The highest BCUT2D eigenvalue weighted by Crippen LogP contribution is 2.27. The summed E-state index contributed by atoms with van der Waals surface area (Å²) in [6, 6.07) is 11.9. The molecule has 150 valence electrons. The topological polar surface area (TPSA) is 85.9 Å². The molecule has 0 saturated heterocycles. The molecule has 29 heavy (non-hydrogen) atoms. The van der Waals surface area contributed by atoms with E-state index >= 15 is 0 Å². The Kier molecular flexibility index (Phi) is 5.00. The minimum atomic E-state index is -0.311. The summed E-state index contributed by atoms with van der Waals surface area (Å²) in [6.45, 7) is 7.05. The van der Waals surface area contributed by atoms with E-state index in [1.165, 1.54) is 0 Å². The zero-order valence-electron chi connectivity index (χ0n) is 16.9. The molecule has 0 bridgehead atoms.